The molecule has 1 saturated carbocycles. The van der Waals surface area contributed by atoms with Crippen molar-refractivity contribution >= 4 is 40.9 Å². The highest BCUT2D eigenvalue weighted by Gasteiger charge is 2.45. The Kier molecular flexibility index (Phi) is 4.28. The van der Waals surface area contributed by atoms with Gasteiger partial charge in [0.05, 0.1) is 10.0 Å². The first-order valence-electron chi connectivity index (χ1n) is 6.95. The van der Waals surface area contributed by atoms with Gasteiger partial charge in [-0.25, -0.2) is 0 Å². The Morgan fingerprint density at radius 1 is 1.35 bits per heavy atom. The summed E-state index contributed by atoms with van der Waals surface area (Å²) in [5.41, 5.74) is 0.871. The second kappa shape index (κ2) is 6.22. The Labute approximate surface area is 142 Å². The highest BCUT2D eigenvalue weighted by Crippen LogP contribution is 2.51. The van der Waals surface area contributed by atoms with Crippen LogP contribution in [0.3, 0.4) is 0 Å². The molecule has 1 aromatic heterocycles. The molecular weight excluding hydrogens is 341 g/mol. The molecule has 2 N–H and O–H groups in total. The molecule has 120 valence electrons. The van der Waals surface area contributed by atoms with E-state index < -0.39 is 5.97 Å². The number of halogens is 2. The van der Waals surface area contributed by atoms with Crippen LogP contribution in [0.5, 0.6) is 0 Å². The van der Waals surface area contributed by atoms with Gasteiger partial charge in [-0.2, -0.15) is 5.10 Å². The molecule has 0 bridgehead atoms. The van der Waals surface area contributed by atoms with Crippen molar-refractivity contribution in [3.63, 3.8) is 0 Å². The molecule has 1 heterocycles. The number of nitrogens with zero attached hydrogens (tertiary/aromatic N) is 2. The van der Waals surface area contributed by atoms with Crippen molar-refractivity contribution in [2.75, 3.05) is 5.32 Å². The third-order valence-corrected chi connectivity index (χ3v) is 4.53. The standard InChI is InChI=1S/C15H13Cl2N3O3/c16-11-3-1-2-8(14(11)17)9-6-10(9)15(23)18-12-4-5-20(19-12)7-13(21)22/h1-5,9-10H,6-7H2,(H,21,22)(H,18,19,23)/t9-,10-/m0/s1. The molecule has 23 heavy (non-hydrogen) atoms. The van der Waals surface area contributed by atoms with E-state index in [1.165, 1.54) is 10.9 Å². The Balaban J connectivity index is 1.63. The summed E-state index contributed by atoms with van der Waals surface area (Å²) >= 11 is 12.2. The average molecular weight is 354 g/mol. The van der Waals surface area contributed by atoms with Crippen LogP contribution in [0.1, 0.15) is 17.9 Å². The zero-order valence-electron chi connectivity index (χ0n) is 11.9. The van der Waals surface area contributed by atoms with Crippen LogP contribution in [0, 0.1) is 5.92 Å². The van der Waals surface area contributed by atoms with Gasteiger partial charge in [0.15, 0.2) is 5.82 Å². The molecule has 0 saturated heterocycles. The van der Waals surface area contributed by atoms with E-state index in [0.29, 0.717) is 22.3 Å². The minimum atomic E-state index is -0.996. The maximum Gasteiger partial charge on any atom is 0.325 e. The summed E-state index contributed by atoms with van der Waals surface area (Å²) in [7, 11) is 0. The van der Waals surface area contributed by atoms with Crippen LogP contribution in [-0.2, 0) is 16.1 Å². The van der Waals surface area contributed by atoms with E-state index >= 15 is 0 Å². The van der Waals surface area contributed by atoms with Crippen molar-refractivity contribution in [3.8, 4) is 0 Å². The summed E-state index contributed by atoms with van der Waals surface area (Å²) in [5, 5.41) is 16.3. The predicted molar refractivity (Wildman–Crippen MR) is 85.8 cm³/mol. The molecule has 1 aromatic carbocycles. The van der Waals surface area contributed by atoms with Crippen LogP contribution in [-0.4, -0.2) is 26.8 Å². The molecule has 8 heteroatoms. The largest absolute Gasteiger partial charge is 0.480 e. The summed E-state index contributed by atoms with van der Waals surface area (Å²) in [5.74, 6) is -0.965. The van der Waals surface area contributed by atoms with Crippen LogP contribution in [0.2, 0.25) is 10.0 Å². The van der Waals surface area contributed by atoms with E-state index in [0.717, 1.165) is 5.56 Å². The number of anilines is 1. The number of carboxylic acid groups (broad SMARTS) is 1. The number of carbonyl (C=O) groups excluding carboxylic acids is 1. The third kappa shape index (κ3) is 3.48. The minimum Gasteiger partial charge on any atom is -0.480 e. The zero-order valence-corrected chi connectivity index (χ0v) is 13.4. The number of rotatable bonds is 5. The summed E-state index contributed by atoms with van der Waals surface area (Å²) in [6.45, 7) is -0.250. The van der Waals surface area contributed by atoms with E-state index in [4.69, 9.17) is 28.3 Å². The molecular formula is C15H13Cl2N3O3. The van der Waals surface area contributed by atoms with Gasteiger partial charge < -0.3 is 10.4 Å². The number of aliphatic carboxylic acids is 1. The summed E-state index contributed by atoms with van der Waals surface area (Å²) < 4.78 is 1.25. The zero-order chi connectivity index (χ0) is 16.6. The van der Waals surface area contributed by atoms with Crippen LogP contribution in [0.25, 0.3) is 0 Å². The van der Waals surface area contributed by atoms with Crippen molar-refractivity contribution in [1.29, 1.82) is 0 Å². The van der Waals surface area contributed by atoms with Gasteiger partial charge in [-0.1, -0.05) is 35.3 Å². The molecule has 1 amide bonds. The third-order valence-electron chi connectivity index (χ3n) is 3.70. The van der Waals surface area contributed by atoms with E-state index in [9.17, 15) is 9.59 Å². The average Bonchev–Trinajstić information content (AvgIpc) is 3.17. The maximum absolute atomic E-state index is 12.2. The number of hydrogen-bond donors (Lipinski definition) is 2. The molecule has 0 radical (unpaired) electrons. The van der Waals surface area contributed by atoms with Gasteiger partial charge in [0.25, 0.3) is 0 Å². The van der Waals surface area contributed by atoms with Crippen molar-refractivity contribution in [1.82, 2.24) is 9.78 Å². The van der Waals surface area contributed by atoms with Gasteiger partial charge in [-0.05, 0) is 24.0 Å². The fraction of sp³-hybridized carbons (Fsp3) is 0.267. The number of nitrogens with one attached hydrogen (secondary N) is 1. The van der Waals surface area contributed by atoms with E-state index in [2.05, 4.69) is 10.4 Å². The molecule has 1 aliphatic rings. The quantitative estimate of drug-likeness (QED) is 0.865. The van der Waals surface area contributed by atoms with Crippen molar-refractivity contribution in [3.05, 3.63) is 46.1 Å². The lowest BCUT2D eigenvalue weighted by Crippen LogP contribution is -2.16. The fourth-order valence-electron chi connectivity index (χ4n) is 2.51. The van der Waals surface area contributed by atoms with Crippen molar-refractivity contribution in [2.24, 2.45) is 5.92 Å². The number of carboxylic acids is 1. The van der Waals surface area contributed by atoms with Gasteiger partial charge in [0.1, 0.15) is 6.54 Å². The smallest absolute Gasteiger partial charge is 0.325 e. The predicted octanol–water partition coefficient (Wildman–Crippen LogP) is 3.02. The van der Waals surface area contributed by atoms with Gasteiger partial charge in [-0.3, -0.25) is 14.3 Å². The SMILES string of the molecule is O=C(O)Cn1ccc(NC(=O)[C@H]2C[C@H]2c2cccc(Cl)c2Cl)n1. The van der Waals surface area contributed by atoms with Crippen LogP contribution in [0.15, 0.2) is 30.5 Å². The van der Waals surface area contributed by atoms with Crippen LogP contribution >= 0.6 is 23.2 Å². The van der Waals surface area contributed by atoms with E-state index in [1.807, 2.05) is 12.1 Å². The molecule has 2 aromatic rings. The molecule has 1 aliphatic carbocycles. The lowest BCUT2D eigenvalue weighted by molar-refractivity contribution is -0.137. The monoisotopic (exact) mass is 353 g/mol. The maximum atomic E-state index is 12.2. The van der Waals surface area contributed by atoms with E-state index in [-0.39, 0.29) is 24.3 Å². The topological polar surface area (TPSA) is 84.2 Å². The number of hydrogen-bond acceptors (Lipinski definition) is 3. The summed E-state index contributed by atoms with van der Waals surface area (Å²) in [6.07, 6.45) is 2.20. The lowest BCUT2D eigenvalue weighted by Gasteiger charge is -2.05. The first-order valence-corrected chi connectivity index (χ1v) is 7.71. The summed E-state index contributed by atoms with van der Waals surface area (Å²) in [4.78, 5) is 22.8. The van der Waals surface area contributed by atoms with Gasteiger partial charge >= 0.3 is 5.97 Å². The van der Waals surface area contributed by atoms with Gasteiger partial charge in [0, 0.05) is 18.2 Å². The first-order chi connectivity index (χ1) is 11.0. The number of benzene rings is 1. The Morgan fingerprint density at radius 2 is 2.13 bits per heavy atom. The lowest BCUT2D eigenvalue weighted by atomic mass is 10.1. The molecule has 1 fully saturated rings. The van der Waals surface area contributed by atoms with Gasteiger partial charge in [-0.15, -0.1) is 0 Å². The van der Waals surface area contributed by atoms with Gasteiger partial charge in [0.2, 0.25) is 5.91 Å². The molecule has 0 spiro atoms. The molecule has 0 unspecified atom stereocenters. The molecule has 2 atom stereocenters. The number of aromatic nitrogens is 2. The van der Waals surface area contributed by atoms with Crippen LogP contribution in [0.4, 0.5) is 5.82 Å². The number of amides is 1. The highest BCUT2D eigenvalue weighted by molar-refractivity contribution is 6.42. The Bertz CT molecular complexity index is 775. The van der Waals surface area contributed by atoms with E-state index in [1.54, 1.807) is 12.1 Å². The first kappa shape index (κ1) is 15.8. The number of carbonyl (C=O) groups is 2. The van der Waals surface area contributed by atoms with Crippen LogP contribution < -0.4 is 5.32 Å². The second-order valence-corrected chi connectivity index (χ2v) is 6.16. The highest BCUT2D eigenvalue weighted by atomic mass is 35.5. The molecule has 3 rings (SSSR count). The molecule has 6 nitrogen and oxygen atoms in total. The normalized spacial score (nSPS) is 19.4. The van der Waals surface area contributed by atoms with Crippen molar-refractivity contribution < 1.29 is 14.7 Å². The molecule has 0 aliphatic heterocycles. The second-order valence-electron chi connectivity index (χ2n) is 5.37. The fourth-order valence-corrected chi connectivity index (χ4v) is 2.96. The Morgan fingerprint density at radius 3 is 2.87 bits per heavy atom. The summed E-state index contributed by atoms with van der Waals surface area (Å²) in [6, 6.07) is 6.95. The Hall–Kier alpha value is -2.05. The minimum absolute atomic E-state index is 0.0438. The van der Waals surface area contributed by atoms with Crippen molar-refractivity contribution in [2.45, 2.75) is 18.9 Å².